The molecule has 0 aliphatic heterocycles. The number of benzene rings is 1. The molecule has 0 aromatic heterocycles. The Morgan fingerprint density at radius 1 is 1.07 bits per heavy atom. The van der Waals surface area contributed by atoms with Gasteiger partial charge in [0, 0.05) is 5.57 Å². The van der Waals surface area contributed by atoms with Gasteiger partial charge in [0.15, 0.2) is 0 Å². The van der Waals surface area contributed by atoms with E-state index in [1.54, 1.807) is 13.8 Å². The van der Waals surface area contributed by atoms with E-state index in [0.29, 0.717) is 11.8 Å². The highest BCUT2D eigenvalue weighted by molar-refractivity contribution is 5.94. The van der Waals surface area contributed by atoms with Crippen LogP contribution in [0.25, 0.3) is 0 Å². The minimum absolute atomic E-state index is 0.0149. The first kappa shape index (κ1) is 24.2. The Morgan fingerprint density at radius 3 is 2.14 bits per heavy atom. The van der Waals surface area contributed by atoms with Crippen molar-refractivity contribution in [2.24, 2.45) is 0 Å². The van der Waals surface area contributed by atoms with Crippen LogP contribution in [0.1, 0.15) is 25.8 Å². The summed E-state index contributed by atoms with van der Waals surface area (Å²) in [5.74, 6) is -1.28. The minimum Gasteiger partial charge on any atom is -0.497 e. The number of allylic oxidation sites excluding steroid dienone is 2. The summed E-state index contributed by atoms with van der Waals surface area (Å²) in [6, 6.07) is 4.71. The summed E-state index contributed by atoms with van der Waals surface area (Å²) >= 11 is 0. The largest absolute Gasteiger partial charge is 0.497 e. The molecule has 0 radical (unpaired) electrons. The van der Waals surface area contributed by atoms with Gasteiger partial charge in [-0.3, -0.25) is 4.79 Å². The Bertz CT molecular complexity index is 752. The maximum absolute atomic E-state index is 13.6. The fourth-order valence-corrected chi connectivity index (χ4v) is 2.29. The van der Waals surface area contributed by atoms with Crippen molar-refractivity contribution in [2.45, 2.75) is 32.0 Å². The van der Waals surface area contributed by atoms with Gasteiger partial charge in [-0.05, 0) is 37.6 Å². The van der Waals surface area contributed by atoms with Crippen molar-refractivity contribution >= 4 is 11.9 Å². The number of esters is 2. The summed E-state index contributed by atoms with van der Waals surface area (Å²) in [6.45, 7) is 3.21. The van der Waals surface area contributed by atoms with Crippen molar-refractivity contribution in [2.75, 3.05) is 20.3 Å². The minimum atomic E-state index is -5.04. The smallest absolute Gasteiger partial charge is 0.425 e. The van der Waals surface area contributed by atoms with Crippen LogP contribution in [0, 0.1) is 0 Å². The van der Waals surface area contributed by atoms with Gasteiger partial charge in [0.2, 0.25) is 5.60 Å². The topological polar surface area (TPSA) is 82.1 Å². The molecule has 0 saturated carbocycles. The van der Waals surface area contributed by atoms with Crippen LogP contribution in [-0.2, 0) is 24.7 Å². The van der Waals surface area contributed by atoms with Crippen LogP contribution in [0.3, 0.4) is 0 Å². The maximum Gasteiger partial charge on any atom is 0.425 e. The summed E-state index contributed by atoms with van der Waals surface area (Å²) < 4.78 is 55.1. The van der Waals surface area contributed by atoms with Gasteiger partial charge in [0.25, 0.3) is 0 Å². The van der Waals surface area contributed by atoms with Gasteiger partial charge >= 0.3 is 18.1 Å². The molecule has 1 unspecified atom stereocenters. The molecule has 0 spiro atoms. The van der Waals surface area contributed by atoms with Gasteiger partial charge in [-0.2, -0.15) is 13.2 Å². The third kappa shape index (κ3) is 6.63. The third-order valence-electron chi connectivity index (χ3n) is 3.77. The van der Waals surface area contributed by atoms with E-state index in [1.165, 1.54) is 19.2 Å². The van der Waals surface area contributed by atoms with Crippen molar-refractivity contribution in [3.63, 3.8) is 0 Å². The molecule has 6 nitrogen and oxygen atoms in total. The highest BCUT2D eigenvalue weighted by atomic mass is 19.4. The van der Waals surface area contributed by atoms with Crippen molar-refractivity contribution in [3.8, 4) is 5.75 Å². The van der Waals surface area contributed by atoms with Crippen LogP contribution in [0.5, 0.6) is 5.75 Å². The average Bonchev–Trinajstić information content (AvgIpc) is 2.66. The lowest BCUT2D eigenvalue weighted by Gasteiger charge is -2.28. The van der Waals surface area contributed by atoms with Crippen LogP contribution < -0.4 is 4.74 Å². The predicted molar refractivity (Wildman–Crippen MR) is 98.1 cm³/mol. The number of hydrogen-bond acceptors (Lipinski definition) is 6. The predicted octanol–water partition coefficient (Wildman–Crippen LogP) is 3.44. The Kier molecular flexibility index (Phi) is 8.90. The summed E-state index contributed by atoms with van der Waals surface area (Å²) in [5, 5.41) is 10.3. The maximum atomic E-state index is 13.6. The zero-order chi connectivity index (χ0) is 22.1. The quantitative estimate of drug-likeness (QED) is 0.377. The molecule has 0 aliphatic rings. The van der Waals surface area contributed by atoms with Crippen molar-refractivity contribution in [3.05, 3.63) is 53.6 Å². The van der Waals surface area contributed by atoms with E-state index in [4.69, 9.17) is 14.2 Å². The number of ether oxygens (including phenoxy) is 3. The number of rotatable bonds is 9. The zero-order valence-electron chi connectivity index (χ0n) is 16.3. The molecule has 0 amide bonds. The molecule has 0 saturated heterocycles. The number of aliphatic hydroxyl groups is 1. The zero-order valence-corrected chi connectivity index (χ0v) is 16.3. The van der Waals surface area contributed by atoms with E-state index in [2.05, 4.69) is 0 Å². The molecule has 0 bridgehead atoms. The molecule has 9 heteroatoms. The van der Waals surface area contributed by atoms with Gasteiger partial charge in [-0.25, -0.2) is 4.79 Å². The highest BCUT2D eigenvalue weighted by Crippen LogP contribution is 2.40. The van der Waals surface area contributed by atoms with Crippen molar-refractivity contribution in [1.29, 1.82) is 0 Å². The molecule has 160 valence electrons. The van der Waals surface area contributed by atoms with Gasteiger partial charge in [-0.1, -0.05) is 24.3 Å². The second-order valence-corrected chi connectivity index (χ2v) is 5.75. The molecule has 0 heterocycles. The molecule has 1 atom stereocenters. The summed E-state index contributed by atoms with van der Waals surface area (Å²) in [4.78, 5) is 23.6. The Balaban J connectivity index is 3.25. The third-order valence-corrected chi connectivity index (χ3v) is 3.77. The number of halogens is 3. The van der Waals surface area contributed by atoms with E-state index < -0.39 is 35.7 Å². The Labute approximate surface area is 166 Å². The fourth-order valence-electron chi connectivity index (χ4n) is 2.29. The number of carbonyl (C=O) groups is 2. The van der Waals surface area contributed by atoms with Gasteiger partial charge < -0.3 is 19.3 Å². The van der Waals surface area contributed by atoms with E-state index >= 15 is 0 Å². The molecule has 1 aromatic rings. The van der Waals surface area contributed by atoms with Crippen molar-refractivity contribution < 1.29 is 42.1 Å². The SMILES string of the molecule is CCOC(=O)C/C(=C\C=C\C(O)(c1ccc(OC)cc1)C(F)(F)F)C(=O)OCC. The van der Waals surface area contributed by atoms with Crippen LogP contribution in [0.15, 0.2) is 48.1 Å². The molecule has 1 rings (SSSR count). The number of carbonyl (C=O) groups excluding carboxylic acids is 2. The van der Waals surface area contributed by atoms with Crippen LogP contribution in [-0.4, -0.2) is 43.5 Å². The van der Waals surface area contributed by atoms with Gasteiger partial charge in [0.1, 0.15) is 5.75 Å². The standard InChI is InChI=1S/C20H23F3O6/c1-4-28-17(24)13-14(18(25)29-5-2)7-6-12-19(26,20(21,22)23)15-8-10-16(27-3)11-9-15/h6-12,26H,4-5,13H2,1-3H3/b12-6+,14-7+. The van der Waals surface area contributed by atoms with Crippen LogP contribution >= 0.6 is 0 Å². The van der Waals surface area contributed by atoms with E-state index in [9.17, 15) is 27.9 Å². The van der Waals surface area contributed by atoms with Crippen LogP contribution in [0.2, 0.25) is 0 Å². The lowest BCUT2D eigenvalue weighted by Crippen LogP contribution is -2.40. The molecule has 29 heavy (non-hydrogen) atoms. The van der Waals surface area contributed by atoms with E-state index in [1.807, 2.05) is 0 Å². The lowest BCUT2D eigenvalue weighted by atomic mass is 9.92. The average molecular weight is 416 g/mol. The molecule has 0 aliphatic carbocycles. The molecular weight excluding hydrogens is 393 g/mol. The second kappa shape index (κ2) is 10.7. The normalized spacial score (nSPS) is 14.4. The van der Waals surface area contributed by atoms with E-state index in [0.717, 1.165) is 24.3 Å². The first-order valence-corrected chi connectivity index (χ1v) is 8.73. The highest BCUT2D eigenvalue weighted by Gasteiger charge is 2.53. The molecule has 0 fully saturated rings. The van der Waals surface area contributed by atoms with E-state index in [-0.39, 0.29) is 18.8 Å². The Hall–Kier alpha value is -2.81. The number of alkyl halides is 3. The fraction of sp³-hybridized carbons (Fsp3) is 0.400. The van der Waals surface area contributed by atoms with Crippen LogP contribution in [0.4, 0.5) is 13.2 Å². The van der Waals surface area contributed by atoms with Gasteiger partial charge in [-0.15, -0.1) is 0 Å². The summed E-state index contributed by atoms with van der Waals surface area (Å²) in [6.07, 6.45) is -3.21. The summed E-state index contributed by atoms with van der Waals surface area (Å²) in [7, 11) is 1.36. The van der Waals surface area contributed by atoms with Gasteiger partial charge in [0.05, 0.1) is 26.7 Å². The molecule has 1 aromatic carbocycles. The summed E-state index contributed by atoms with van der Waals surface area (Å²) in [5.41, 5.74) is -3.97. The number of hydrogen-bond donors (Lipinski definition) is 1. The second-order valence-electron chi connectivity index (χ2n) is 5.75. The monoisotopic (exact) mass is 416 g/mol. The molecule has 1 N–H and O–H groups in total. The first-order valence-electron chi connectivity index (χ1n) is 8.73. The number of methoxy groups -OCH3 is 1. The molecular formula is C20H23F3O6. The van der Waals surface area contributed by atoms with Crippen molar-refractivity contribution in [1.82, 2.24) is 0 Å². The Morgan fingerprint density at radius 2 is 1.66 bits per heavy atom. The lowest BCUT2D eigenvalue weighted by molar-refractivity contribution is -0.245. The first-order chi connectivity index (χ1) is 13.6.